The number of amides is 1. The predicted octanol–water partition coefficient (Wildman–Crippen LogP) is 2.59. The molecule has 6 heteroatoms. The summed E-state index contributed by atoms with van der Waals surface area (Å²) in [6.45, 7) is 2.14. The van der Waals surface area contributed by atoms with E-state index in [-0.39, 0.29) is 24.0 Å². The molecule has 2 heterocycles. The van der Waals surface area contributed by atoms with E-state index >= 15 is 0 Å². The second kappa shape index (κ2) is 6.44. The summed E-state index contributed by atoms with van der Waals surface area (Å²) in [5, 5.41) is 6.29. The molecule has 0 aliphatic carbocycles. The van der Waals surface area contributed by atoms with Gasteiger partial charge in [0.1, 0.15) is 24.0 Å². The molecule has 25 heavy (non-hydrogen) atoms. The molecular weight excluding hydrogens is 326 g/mol. The first-order valence-electron chi connectivity index (χ1n) is 8.32. The SMILES string of the molecule is O=C1NC[C@H]2CNC[C@@H]2c2ccc(OCc3c(F)cccc3F)cc21. The molecule has 4 nitrogen and oxygen atoms in total. The Morgan fingerprint density at radius 2 is 1.88 bits per heavy atom. The lowest BCUT2D eigenvalue weighted by Crippen LogP contribution is -2.28. The van der Waals surface area contributed by atoms with Crippen LogP contribution in [0.15, 0.2) is 36.4 Å². The maximum atomic E-state index is 13.7. The zero-order chi connectivity index (χ0) is 17.4. The number of fused-ring (bicyclic) bond motifs is 3. The van der Waals surface area contributed by atoms with Crippen molar-refractivity contribution in [2.75, 3.05) is 19.6 Å². The molecule has 1 amide bonds. The fraction of sp³-hybridized carbons (Fsp3) is 0.316. The van der Waals surface area contributed by atoms with E-state index in [2.05, 4.69) is 10.6 Å². The van der Waals surface area contributed by atoms with Crippen LogP contribution in [0.25, 0.3) is 0 Å². The number of hydrogen-bond acceptors (Lipinski definition) is 3. The molecule has 2 aliphatic rings. The minimum absolute atomic E-state index is 0.123. The first-order chi connectivity index (χ1) is 12.1. The van der Waals surface area contributed by atoms with Gasteiger partial charge < -0.3 is 15.4 Å². The van der Waals surface area contributed by atoms with Crippen LogP contribution in [0.1, 0.15) is 27.4 Å². The molecule has 130 valence electrons. The molecule has 0 spiro atoms. The second-order valence-electron chi connectivity index (χ2n) is 6.47. The van der Waals surface area contributed by atoms with E-state index in [4.69, 9.17) is 4.74 Å². The van der Waals surface area contributed by atoms with Gasteiger partial charge in [-0.3, -0.25) is 4.79 Å². The second-order valence-corrected chi connectivity index (χ2v) is 6.47. The summed E-state index contributed by atoms with van der Waals surface area (Å²) in [7, 11) is 0. The Morgan fingerprint density at radius 3 is 2.68 bits per heavy atom. The Bertz CT molecular complexity index is 805. The van der Waals surface area contributed by atoms with Crippen molar-refractivity contribution in [1.29, 1.82) is 0 Å². The highest BCUT2D eigenvalue weighted by atomic mass is 19.1. The number of ether oxygens (including phenoxy) is 1. The van der Waals surface area contributed by atoms with E-state index in [0.717, 1.165) is 18.7 Å². The van der Waals surface area contributed by atoms with Crippen molar-refractivity contribution in [2.24, 2.45) is 5.92 Å². The van der Waals surface area contributed by atoms with E-state index < -0.39 is 11.6 Å². The molecule has 4 rings (SSSR count). The minimum atomic E-state index is -0.646. The van der Waals surface area contributed by atoms with Gasteiger partial charge in [-0.25, -0.2) is 8.78 Å². The van der Waals surface area contributed by atoms with Crippen LogP contribution < -0.4 is 15.4 Å². The van der Waals surface area contributed by atoms with Crippen LogP contribution in [0, 0.1) is 17.6 Å². The average molecular weight is 344 g/mol. The molecule has 2 N–H and O–H groups in total. The van der Waals surface area contributed by atoms with Gasteiger partial charge in [-0.15, -0.1) is 0 Å². The molecule has 0 saturated carbocycles. The molecule has 2 aromatic rings. The summed E-state index contributed by atoms with van der Waals surface area (Å²) < 4.78 is 32.9. The molecule has 2 aromatic carbocycles. The number of nitrogens with one attached hydrogen (secondary N) is 2. The van der Waals surface area contributed by atoms with Crippen LogP contribution >= 0.6 is 0 Å². The molecule has 1 fully saturated rings. The monoisotopic (exact) mass is 344 g/mol. The number of rotatable bonds is 3. The van der Waals surface area contributed by atoms with E-state index in [9.17, 15) is 13.6 Å². The molecular formula is C19H18F2N2O2. The van der Waals surface area contributed by atoms with Crippen LogP contribution in [0.4, 0.5) is 8.78 Å². The highest BCUT2D eigenvalue weighted by Gasteiger charge is 2.34. The quantitative estimate of drug-likeness (QED) is 0.900. The first-order valence-corrected chi connectivity index (χ1v) is 8.32. The van der Waals surface area contributed by atoms with Gasteiger partial charge in [0, 0.05) is 31.1 Å². The Kier molecular flexibility index (Phi) is 4.13. The van der Waals surface area contributed by atoms with Crippen LogP contribution in [-0.4, -0.2) is 25.5 Å². The van der Waals surface area contributed by atoms with Crippen molar-refractivity contribution < 1.29 is 18.3 Å². The van der Waals surface area contributed by atoms with Gasteiger partial charge in [-0.2, -0.15) is 0 Å². The third kappa shape index (κ3) is 2.98. The molecule has 0 radical (unpaired) electrons. The van der Waals surface area contributed by atoms with Gasteiger partial charge >= 0.3 is 0 Å². The summed E-state index contributed by atoms with van der Waals surface area (Å²) in [6.07, 6.45) is 0. The van der Waals surface area contributed by atoms with Gasteiger partial charge in [0.25, 0.3) is 5.91 Å². The zero-order valence-corrected chi connectivity index (χ0v) is 13.5. The van der Waals surface area contributed by atoms with E-state index in [1.54, 1.807) is 12.1 Å². The average Bonchev–Trinajstić information content (AvgIpc) is 3.03. The summed E-state index contributed by atoms with van der Waals surface area (Å²) in [4.78, 5) is 12.4. The Morgan fingerprint density at radius 1 is 1.08 bits per heavy atom. The van der Waals surface area contributed by atoms with Gasteiger partial charge in [-0.1, -0.05) is 12.1 Å². The van der Waals surface area contributed by atoms with Crippen molar-refractivity contribution in [3.63, 3.8) is 0 Å². The fourth-order valence-electron chi connectivity index (χ4n) is 3.60. The summed E-state index contributed by atoms with van der Waals surface area (Å²) in [5.41, 5.74) is 1.44. The highest BCUT2D eigenvalue weighted by molar-refractivity contribution is 5.96. The van der Waals surface area contributed by atoms with Crippen LogP contribution in [0.3, 0.4) is 0 Å². The van der Waals surface area contributed by atoms with Crippen molar-refractivity contribution in [3.8, 4) is 5.75 Å². The third-order valence-corrected chi connectivity index (χ3v) is 4.98. The summed E-state index contributed by atoms with van der Waals surface area (Å²) in [6, 6.07) is 9.00. The largest absolute Gasteiger partial charge is 0.489 e. The molecule has 2 aliphatic heterocycles. The molecule has 0 unspecified atom stereocenters. The maximum absolute atomic E-state index is 13.7. The number of carbonyl (C=O) groups is 1. The Hall–Kier alpha value is -2.47. The Balaban J connectivity index is 1.59. The minimum Gasteiger partial charge on any atom is -0.489 e. The molecule has 1 saturated heterocycles. The number of benzene rings is 2. The zero-order valence-electron chi connectivity index (χ0n) is 13.5. The van der Waals surface area contributed by atoms with E-state index in [1.165, 1.54) is 18.2 Å². The Labute approximate surface area is 144 Å². The smallest absolute Gasteiger partial charge is 0.251 e. The van der Waals surface area contributed by atoms with Crippen molar-refractivity contribution in [1.82, 2.24) is 10.6 Å². The summed E-state index contributed by atoms with van der Waals surface area (Å²) in [5.74, 6) is -0.343. The molecule has 0 bridgehead atoms. The number of hydrogen-bond donors (Lipinski definition) is 2. The molecule has 0 aromatic heterocycles. The molecule has 2 atom stereocenters. The van der Waals surface area contributed by atoms with Gasteiger partial charge in [0.05, 0.1) is 5.56 Å². The van der Waals surface area contributed by atoms with Crippen LogP contribution in [0.5, 0.6) is 5.75 Å². The van der Waals surface area contributed by atoms with Crippen LogP contribution in [0.2, 0.25) is 0 Å². The maximum Gasteiger partial charge on any atom is 0.251 e. The lowest BCUT2D eigenvalue weighted by Gasteiger charge is -2.17. The third-order valence-electron chi connectivity index (χ3n) is 4.98. The van der Waals surface area contributed by atoms with Crippen molar-refractivity contribution in [2.45, 2.75) is 12.5 Å². The van der Waals surface area contributed by atoms with Gasteiger partial charge in [-0.05, 0) is 35.7 Å². The lowest BCUT2D eigenvalue weighted by atomic mass is 9.87. The fourth-order valence-corrected chi connectivity index (χ4v) is 3.60. The van der Waals surface area contributed by atoms with Crippen molar-refractivity contribution in [3.05, 3.63) is 64.7 Å². The van der Waals surface area contributed by atoms with E-state index in [0.29, 0.717) is 23.8 Å². The topological polar surface area (TPSA) is 50.4 Å². The first kappa shape index (κ1) is 16.0. The number of carbonyl (C=O) groups excluding carboxylic acids is 1. The standard InChI is InChI=1S/C19H18F2N2O2/c20-17-2-1-3-18(21)16(17)10-25-12-4-5-13-14(6-12)19(24)23-8-11-7-22-9-15(11)13/h1-6,11,15,22H,7-10H2,(H,23,24)/t11-,15+/m1/s1. The normalized spacial score (nSPS) is 21.9. The van der Waals surface area contributed by atoms with Gasteiger partial charge in [0.2, 0.25) is 0 Å². The predicted molar refractivity (Wildman–Crippen MR) is 88.6 cm³/mol. The van der Waals surface area contributed by atoms with Crippen LogP contribution in [-0.2, 0) is 6.61 Å². The van der Waals surface area contributed by atoms with Gasteiger partial charge in [0.15, 0.2) is 0 Å². The summed E-state index contributed by atoms with van der Waals surface area (Å²) >= 11 is 0. The van der Waals surface area contributed by atoms with Crippen molar-refractivity contribution >= 4 is 5.91 Å². The lowest BCUT2D eigenvalue weighted by molar-refractivity contribution is 0.0952. The van der Waals surface area contributed by atoms with E-state index in [1.807, 2.05) is 6.07 Å². The number of halogens is 2. The highest BCUT2D eigenvalue weighted by Crippen LogP contribution is 2.34.